The Morgan fingerprint density at radius 1 is 1.28 bits per heavy atom. The van der Waals surface area contributed by atoms with Crippen LogP contribution < -0.4 is 15.3 Å². The largest absolute Gasteiger partial charge is 0.435 e. The lowest BCUT2D eigenvalue weighted by Crippen LogP contribution is -2.29. The summed E-state index contributed by atoms with van der Waals surface area (Å²) in [5.74, 6) is 0.577. The van der Waals surface area contributed by atoms with Gasteiger partial charge in [-0.05, 0) is 37.1 Å². The minimum atomic E-state index is -2.91. The molecular formula is C21H21F2N3O2S. The molecule has 1 aromatic carbocycles. The second-order valence-electron chi connectivity index (χ2n) is 6.26. The third kappa shape index (κ3) is 4.40. The van der Waals surface area contributed by atoms with Crippen molar-refractivity contribution in [2.24, 2.45) is 0 Å². The zero-order valence-electron chi connectivity index (χ0n) is 16.1. The molecule has 1 aromatic heterocycles. The van der Waals surface area contributed by atoms with Crippen molar-refractivity contribution >= 4 is 28.8 Å². The molecule has 1 aliphatic rings. The number of rotatable bonds is 7. The number of benzene rings is 1. The van der Waals surface area contributed by atoms with Gasteiger partial charge in [0, 0.05) is 29.3 Å². The normalized spacial score (nSPS) is 14.0. The van der Waals surface area contributed by atoms with E-state index in [1.165, 1.54) is 0 Å². The number of halogens is 2. The minimum Gasteiger partial charge on any atom is -0.435 e. The van der Waals surface area contributed by atoms with Gasteiger partial charge in [0.2, 0.25) is 0 Å². The number of nitrogens with one attached hydrogen (secondary N) is 1. The van der Waals surface area contributed by atoms with Crippen LogP contribution in [0.3, 0.4) is 0 Å². The lowest BCUT2D eigenvalue weighted by molar-refractivity contribution is -0.0904. The predicted octanol–water partition coefficient (Wildman–Crippen LogP) is 3.23. The van der Waals surface area contributed by atoms with E-state index in [4.69, 9.17) is 0 Å². The molecule has 8 heteroatoms. The smallest absolute Gasteiger partial charge is 0.387 e. The number of alkyl halides is 2. The summed E-state index contributed by atoms with van der Waals surface area (Å²) in [6.45, 7) is 1.39. The van der Waals surface area contributed by atoms with Gasteiger partial charge < -0.3 is 14.0 Å². The van der Waals surface area contributed by atoms with Crippen molar-refractivity contribution in [3.05, 3.63) is 52.2 Å². The first-order valence-corrected chi connectivity index (χ1v) is 10.5. The summed E-state index contributed by atoms with van der Waals surface area (Å²) in [7, 11) is -1.15. The van der Waals surface area contributed by atoms with Gasteiger partial charge in [0.1, 0.15) is 22.8 Å². The Kier molecular flexibility index (Phi) is 6.49. The van der Waals surface area contributed by atoms with Crippen LogP contribution in [0.15, 0.2) is 36.1 Å². The van der Waals surface area contributed by atoms with E-state index >= 15 is 0 Å². The summed E-state index contributed by atoms with van der Waals surface area (Å²) in [5, 5.41) is 11.2. The van der Waals surface area contributed by atoms with Gasteiger partial charge >= 0.3 is 6.61 Å². The summed E-state index contributed by atoms with van der Waals surface area (Å²) < 4.78 is 46.5. The van der Waals surface area contributed by atoms with Crippen LogP contribution >= 0.6 is 0 Å². The number of allylic oxidation sites excluding steroid dienone is 2. The van der Waals surface area contributed by atoms with Gasteiger partial charge in [0.15, 0.2) is 0 Å². The monoisotopic (exact) mass is 417 g/mol. The minimum absolute atomic E-state index is 0.0832. The molecule has 5 nitrogen and oxygen atoms in total. The van der Waals surface area contributed by atoms with Gasteiger partial charge in [-0.1, -0.05) is 25.1 Å². The fourth-order valence-corrected chi connectivity index (χ4v) is 3.88. The number of ether oxygens (including phenoxy) is 1. The Labute approximate surface area is 170 Å². The lowest BCUT2D eigenvalue weighted by atomic mass is 10.1. The molecule has 0 fully saturated rings. The van der Waals surface area contributed by atoms with Crippen LogP contribution in [-0.4, -0.2) is 21.1 Å². The first-order chi connectivity index (χ1) is 14.0. The number of fused-ring (bicyclic) bond motifs is 1. The van der Waals surface area contributed by atoms with Crippen LogP contribution in [0.25, 0.3) is 23.4 Å². The summed E-state index contributed by atoms with van der Waals surface area (Å²) >= 11 is 0. The number of hydrogen-bond donors (Lipinski definition) is 1. The first-order valence-electron chi connectivity index (χ1n) is 9.23. The van der Waals surface area contributed by atoms with E-state index in [-0.39, 0.29) is 5.76 Å². The molecule has 0 amide bonds. The topological polar surface area (TPSA) is 67.0 Å². The van der Waals surface area contributed by atoms with E-state index in [2.05, 4.69) is 15.5 Å². The van der Waals surface area contributed by atoms with Crippen molar-refractivity contribution in [2.45, 2.75) is 33.4 Å². The molecule has 0 saturated heterocycles. The highest BCUT2D eigenvalue weighted by Gasteiger charge is 2.18. The molecule has 1 N–H and O–H groups in total. The van der Waals surface area contributed by atoms with Gasteiger partial charge in [0.05, 0.1) is 16.6 Å². The molecule has 0 aliphatic heterocycles. The van der Waals surface area contributed by atoms with E-state index in [0.29, 0.717) is 40.5 Å². The van der Waals surface area contributed by atoms with Gasteiger partial charge in [-0.25, -0.2) is 4.21 Å². The lowest BCUT2D eigenvalue weighted by Gasteiger charge is -2.10. The second-order valence-corrected chi connectivity index (χ2v) is 7.73. The van der Waals surface area contributed by atoms with E-state index in [1.54, 1.807) is 24.3 Å². The average molecular weight is 417 g/mol. The standard InChI is InChI=1S/C21H21F2N3O2S/c1-3-26-19-12-16(28-21(22)23)6-5-7-17(19)18(13-24)20(26)14-8-10-15(11-9-14)25-29(27)4-2/h6-12,21,25H,3-5H2,1-2H3. The van der Waals surface area contributed by atoms with Gasteiger partial charge in [0.25, 0.3) is 0 Å². The number of aromatic nitrogens is 1. The number of nitrogens with zero attached hydrogens (tertiary/aromatic N) is 2. The quantitative estimate of drug-likeness (QED) is 0.752. The SMILES string of the molecule is CCn1c(-c2ccc(NS(=O)CC)cc2)c(C#N)c2c1=CC(OC(F)F)=CCC=2. The average Bonchev–Trinajstić information content (AvgIpc) is 2.85. The Balaban J connectivity index is 2.14. The molecule has 0 spiro atoms. The number of anilines is 1. The zero-order chi connectivity index (χ0) is 21.0. The molecule has 3 rings (SSSR count). The summed E-state index contributed by atoms with van der Waals surface area (Å²) in [6, 6.07) is 9.58. The number of hydrogen-bond acceptors (Lipinski definition) is 3. The maximum absolute atomic E-state index is 12.7. The first kappa shape index (κ1) is 20.8. The molecule has 0 saturated carbocycles. The predicted molar refractivity (Wildman–Crippen MR) is 111 cm³/mol. The molecule has 152 valence electrons. The molecule has 1 atom stereocenters. The van der Waals surface area contributed by atoms with Crippen LogP contribution in [0.1, 0.15) is 25.8 Å². The maximum Gasteiger partial charge on any atom is 0.387 e. The highest BCUT2D eigenvalue weighted by atomic mass is 32.2. The number of nitriles is 1. The maximum atomic E-state index is 12.7. The molecule has 29 heavy (non-hydrogen) atoms. The van der Waals surface area contributed by atoms with E-state index in [1.807, 2.05) is 36.6 Å². The zero-order valence-corrected chi connectivity index (χ0v) is 16.9. The van der Waals surface area contributed by atoms with E-state index in [0.717, 1.165) is 11.3 Å². The van der Waals surface area contributed by atoms with Gasteiger partial charge in [-0.2, -0.15) is 14.0 Å². The van der Waals surface area contributed by atoms with Crippen molar-refractivity contribution in [1.29, 1.82) is 5.26 Å². The summed E-state index contributed by atoms with van der Waals surface area (Å²) in [5.41, 5.74) is 2.74. The fraction of sp³-hybridized carbons (Fsp3) is 0.286. The van der Waals surface area contributed by atoms with Crippen LogP contribution in [0.5, 0.6) is 0 Å². The molecule has 2 aromatic rings. The summed E-state index contributed by atoms with van der Waals surface area (Å²) in [4.78, 5) is 0. The molecule has 0 radical (unpaired) electrons. The van der Waals surface area contributed by atoms with Crippen molar-refractivity contribution in [3.8, 4) is 17.3 Å². The Hall–Kier alpha value is -2.92. The molecule has 0 bridgehead atoms. The van der Waals surface area contributed by atoms with Crippen LogP contribution in [0.2, 0.25) is 0 Å². The van der Waals surface area contributed by atoms with Crippen LogP contribution in [0, 0.1) is 11.3 Å². The molecule has 1 aliphatic carbocycles. The van der Waals surface area contributed by atoms with Crippen LogP contribution in [0.4, 0.5) is 14.5 Å². The van der Waals surface area contributed by atoms with Crippen molar-refractivity contribution < 1.29 is 17.7 Å². The van der Waals surface area contributed by atoms with E-state index in [9.17, 15) is 18.3 Å². The van der Waals surface area contributed by atoms with Crippen LogP contribution in [-0.2, 0) is 22.3 Å². The van der Waals surface area contributed by atoms with Gasteiger partial charge in [-0.3, -0.25) is 0 Å². The molecular weight excluding hydrogens is 396 g/mol. The highest BCUT2D eigenvalue weighted by molar-refractivity contribution is 7.86. The molecule has 1 heterocycles. The third-order valence-electron chi connectivity index (χ3n) is 4.57. The van der Waals surface area contributed by atoms with Crippen molar-refractivity contribution in [2.75, 3.05) is 10.5 Å². The Bertz CT molecular complexity index is 1110. The van der Waals surface area contributed by atoms with E-state index < -0.39 is 17.6 Å². The Morgan fingerprint density at radius 3 is 2.59 bits per heavy atom. The van der Waals surface area contributed by atoms with Gasteiger partial charge in [-0.15, -0.1) is 0 Å². The second kappa shape index (κ2) is 9.05. The highest BCUT2D eigenvalue weighted by Crippen LogP contribution is 2.24. The van der Waals surface area contributed by atoms with Crippen molar-refractivity contribution in [1.82, 2.24) is 4.57 Å². The summed E-state index contributed by atoms with van der Waals surface area (Å²) in [6.07, 6.45) is 5.36. The third-order valence-corrected chi connectivity index (χ3v) is 5.56. The fourth-order valence-electron chi connectivity index (χ4n) is 3.33. The Morgan fingerprint density at radius 2 is 2.00 bits per heavy atom. The molecule has 1 unspecified atom stereocenters. The van der Waals surface area contributed by atoms with Crippen molar-refractivity contribution in [3.63, 3.8) is 0 Å².